The molecule has 0 aliphatic carbocycles. The molecule has 1 fully saturated rings. The van der Waals surface area contributed by atoms with E-state index in [4.69, 9.17) is 9.47 Å². The molecule has 11 heavy (non-hydrogen) atoms. The first-order chi connectivity index (χ1) is 5.24. The fourth-order valence-corrected chi connectivity index (χ4v) is 1.50. The van der Waals surface area contributed by atoms with Crippen LogP contribution in [0.2, 0.25) is 0 Å². The van der Waals surface area contributed by atoms with Gasteiger partial charge in [-0.1, -0.05) is 13.8 Å². The van der Waals surface area contributed by atoms with Crippen molar-refractivity contribution in [1.29, 1.82) is 0 Å². The van der Waals surface area contributed by atoms with Crippen molar-refractivity contribution < 1.29 is 9.47 Å². The van der Waals surface area contributed by atoms with E-state index in [1.807, 2.05) is 0 Å². The van der Waals surface area contributed by atoms with Crippen LogP contribution >= 0.6 is 0 Å². The summed E-state index contributed by atoms with van der Waals surface area (Å²) in [7, 11) is 1.73. The molecule has 2 heteroatoms. The second kappa shape index (κ2) is 4.07. The van der Waals surface area contributed by atoms with Gasteiger partial charge in [0.15, 0.2) is 0 Å². The highest BCUT2D eigenvalue weighted by atomic mass is 16.5. The van der Waals surface area contributed by atoms with Gasteiger partial charge in [-0.2, -0.15) is 0 Å². The third-order valence-corrected chi connectivity index (χ3v) is 2.41. The molecule has 0 saturated carbocycles. The summed E-state index contributed by atoms with van der Waals surface area (Å²) in [6, 6.07) is 0. The normalized spacial score (nSPS) is 31.6. The molecule has 2 nitrogen and oxygen atoms in total. The van der Waals surface area contributed by atoms with E-state index in [2.05, 4.69) is 13.8 Å². The van der Waals surface area contributed by atoms with Gasteiger partial charge < -0.3 is 9.47 Å². The summed E-state index contributed by atoms with van der Waals surface area (Å²) in [5.74, 6) is 1.49. The Kier molecular flexibility index (Phi) is 3.34. The van der Waals surface area contributed by atoms with E-state index in [-0.39, 0.29) is 0 Å². The zero-order chi connectivity index (χ0) is 8.27. The standard InChI is InChI=1S/C9H18O2/c1-7(2)8-4-9(6-10-3)11-5-8/h7-9H,4-6H2,1-3H3/t8-,9+/m0/s1. The predicted molar refractivity (Wildman–Crippen MR) is 44.6 cm³/mol. The van der Waals surface area contributed by atoms with Crippen molar-refractivity contribution in [2.45, 2.75) is 26.4 Å². The summed E-state index contributed by atoms with van der Waals surface area (Å²) in [4.78, 5) is 0. The summed E-state index contributed by atoms with van der Waals surface area (Å²) >= 11 is 0. The van der Waals surface area contributed by atoms with Crippen molar-refractivity contribution in [3.8, 4) is 0 Å². The molecule has 1 aliphatic rings. The zero-order valence-electron chi connectivity index (χ0n) is 7.67. The molecule has 0 spiro atoms. The van der Waals surface area contributed by atoms with E-state index < -0.39 is 0 Å². The Balaban J connectivity index is 2.23. The lowest BCUT2D eigenvalue weighted by Crippen LogP contribution is -2.13. The highest BCUT2D eigenvalue weighted by Crippen LogP contribution is 2.25. The Morgan fingerprint density at radius 3 is 2.73 bits per heavy atom. The van der Waals surface area contributed by atoms with E-state index in [0.717, 1.165) is 25.0 Å². The molecule has 0 aromatic carbocycles. The van der Waals surface area contributed by atoms with Gasteiger partial charge in [0, 0.05) is 7.11 Å². The highest BCUT2D eigenvalue weighted by Gasteiger charge is 2.27. The zero-order valence-corrected chi connectivity index (χ0v) is 7.67. The first-order valence-corrected chi connectivity index (χ1v) is 4.34. The van der Waals surface area contributed by atoms with E-state index in [0.29, 0.717) is 6.10 Å². The van der Waals surface area contributed by atoms with Crippen molar-refractivity contribution in [1.82, 2.24) is 0 Å². The van der Waals surface area contributed by atoms with Gasteiger partial charge in [0.2, 0.25) is 0 Å². The number of hydrogen-bond acceptors (Lipinski definition) is 2. The van der Waals surface area contributed by atoms with Crippen molar-refractivity contribution >= 4 is 0 Å². The molecule has 2 atom stereocenters. The van der Waals surface area contributed by atoms with Crippen molar-refractivity contribution in [3.05, 3.63) is 0 Å². The number of methoxy groups -OCH3 is 1. The summed E-state index contributed by atoms with van der Waals surface area (Å²) in [5, 5.41) is 0. The van der Waals surface area contributed by atoms with Gasteiger partial charge >= 0.3 is 0 Å². The van der Waals surface area contributed by atoms with Crippen LogP contribution in [0.4, 0.5) is 0 Å². The molecular weight excluding hydrogens is 140 g/mol. The molecule has 66 valence electrons. The van der Waals surface area contributed by atoms with Crippen LogP contribution < -0.4 is 0 Å². The molecule has 0 radical (unpaired) electrons. The van der Waals surface area contributed by atoms with Gasteiger partial charge in [-0.25, -0.2) is 0 Å². The molecule has 0 aromatic heterocycles. The van der Waals surface area contributed by atoms with E-state index in [1.165, 1.54) is 6.42 Å². The molecule has 1 heterocycles. The van der Waals surface area contributed by atoms with Crippen LogP contribution in [0, 0.1) is 11.8 Å². The minimum atomic E-state index is 0.354. The fraction of sp³-hybridized carbons (Fsp3) is 1.00. The van der Waals surface area contributed by atoms with Gasteiger partial charge in [-0.15, -0.1) is 0 Å². The van der Waals surface area contributed by atoms with Crippen LogP contribution in [-0.2, 0) is 9.47 Å². The Labute approximate surface area is 68.9 Å². The van der Waals surface area contributed by atoms with Gasteiger partial charge in [0.25, 0.3) is 0 Å². The fourth-order valence-electron chi connectivity index (χ4n) is 1.50. The van der Waals surface area contributed by atoms with Crippen molar-refractivity contribution in [3.63, 3.8) is 0 Å². The molecule has 1 rings (SSSR count). The number of rotatable bonds is 3. The van der Waals surface area contributed by atoms with E-state index >= 15 is 0 Å². The number of hydrogen-bond donors (Lipinski definition) is 0. The topological polar surface area (TPSA) is 18.5 Å². The Hall–Kier alpha value is -0.0800. The van der Waals surface area contributed by atoms with Crippen LogP contribution in [0.5, 0.6) is 0 Å². The number of ether oxygens (including phenoxy) is 2. The second-order valence-corrected chi connectivity index (χ2v) is 3.65. The lowest BCUT2D eigenvalue weighted by atomic mass is 9.93. The third-order valence-electron chi connectivity index (χ3n) is 2.41. The molecule has 0 unspecified atom stereocenters. The lowest BCUT2D eigenvalue weighted by Gasteiger charge is -2.11. The SMILES string of the molecule is COC[C@H]1C[C@H](C(C)C)CO1. The van der Waals surface area contributed by atoms with E-state index in [1.54, 1.807) is 7.11 Å². The van der Waals surface area contributed by atoms with Crippen LogP contribution in [0.3, 0.4) is 0 Å². The molecule has 0 bridgehead atoms. The predicted octanol–water partition coefficient (Wildman–Crippen LogP) is 1.69. The largest absolute Gasteiger partial charge is 0.382 e. The van der Waals surface area contributed by atoms with Gasteiger partial charge in [0.05, 0.1) is 19.3 Å². The highest BCUT2D eigenvalue weighted by molar-refractivity contribution is 4.75. The minimum absolute atomic E-state index is 0.354. The van der Waals surface area contributed by atoms with Crippen LogP contribution in [0.15, 0.2) is 0 Å². The van der Waals surface area contributed by atoms with Crippen molar-refractivity contribution in [2.75, 3.05) is 20.3 Å². The Bertz CT molecular complexity index is 112. The average Bonchev–Trinajstić information content (AvgIpc) is 2.37. The third kappa shape index (κ3) is 2.46. The molecule has 0 N–H and O–H groups in total. The average molecular weight is 158 g/mol. The van der Waals surface area contributed by atoms with Crippen LogP contribution in [-0.4, -0.2) is 26.4 Å². The maximum atomic E-state index is 5.54. The van der Waals surface area contributed by atoms with Gasteiger partial charge in [-0.05, 0) is 18.3 Å². The summed E-state index contributed by atoms with van der Waals surface area (Å²) < 4.78 is 10.6. The maximum Gasteiger partial charge on any atom is 0.0812 e. The summed E-state index contributed by atoms with van der Waals surface area (Å²) in [5.41, 5.74) is 0. The van der Waals surface area contributed by atoms with Crippen LogP contribution in [0.1, 0.15) is 20.3 Å². The molecule has 0 aromatic rings. The summed E-state index contributed by atoms with van der Waals surface area (Å²) in [6.07, 6.45) is 1.53. The first kappa shape index (κ1) is 9.01. The quantitative estimate of drug-likeness (QED) is 0.622. The van der Waals surface area contributed by atoms with Crippen LogP contribution in [0.25, 0.3) is 0 Å². The molecule has 1 saturated heterocycles. The van der Waals surface area contributed by atoms with Gasteiger partial charge in [0.1, 0.15) is 0 Å². The minimum Gasteiger partial charge on any atom is -0.382 e. The molecular formula is C9H18O2. The lowest BCUT2D eigenvalue weighted by molar-refractivity contribution is 0.0363. The van der Waals surface area contributed by atoms with Crippen molar-refractivity contribution in [2.24, 2.45) is 11.8 Å². The Morgan fingerprint density at radius 1 is 1.55 bits per heavy atom. The Morgan fingerprint density at radius 2 is 2.27 bits per heavy atom. The maximum absolute atomic E-state index is 5.54. The second-order valence-electron chi connectivity index (χ2n) is 3.65. The summed E-state index contributed by atoms with van der Waals surface area (Å²) in [6.45, 7) is 6.18. The first-order valence-electron chi connectivity index (χ1n) is 4.34. The van der Waals surface area contributed by atoms with Gasteiger partial charge in [-0.3, -0.25) is 0 Å². The molecule has 0 amide bonds. The monoisotopic (exact) mass is 158 g/mol. The van der Waals surface area contributed by atoms with E-state index in [9.17, 15) is 0 Å². The molecule has 1 aliphatic heterocycles. The smallest absolute Gasteiger partial charge is 0.0812 e.